The lowest BCUT2D eigenvalue weighted by Crippen LogP contribution is -2.33. The molecule has 0 atom stereocenters. The Labute approximate surface area is 105 Å². The van der Waals surface area contributed by atoms with Gasteiger partial charge in [-0.05, 0) is 24.0 Å². The molecule has 0 heterocycles. The standard InChI is InChI=1S/C13H16BrNO/c14-8-10-4-6-11(7-5-10)9-15-13(16)12-2-1-3-12/h4-7,12H,1-3,8-9H2,(H,15,16). The third-order valence-electron chi connectivity index (χ3n) is 3.12. The Kier molecular flexibility index (Phi) is 3.99. The van der Waals surface area contributed by atoms with Gasteiger partial charge >= 0.3 is 0 Å². The van der Waals surface area contributed by atoms with Crippen LogP contribution in [-0.4, -0.2) is 5.91 Å². The quantitative estimate of drug-likeness (QED) is 0.845. The zero-order valence-corrected chi connectivity index (χ0v) is 10.8. The van der Waals surface area contributed by atoms with E-state index in [9.17, 15) is 4.79 Å². The SMILES string of the molecule is O=C(NCc1ccc(CBr)cc1)C1CCC1. The third kappa shape index (κ3) is 2.85. The zero-order chi connectivity index (χ0) is 11.4. The molecule has 0 aliphatic heterocycles. The molecule has 1 aromatic rings. The summed E-state index contributed by atoms with van der Waals surface area (Å²) in [6.07, 6.45) is 3.33. The number of hydrogen-bond acceptors (Lipinski definition) is 1. The Morgan fingerprint density at radius 3 is 2.38 bits per heavy atom. The number of amides is 1. The molecular formula is C13H16BrNO. The van der Waals surface area contributed by atoms with Gasteiger partial charge in [-0.1, -0.05) is 46.6 Å². The highest BCUT2D eigenvalue weighted by Gasteiger charge is 2.24. The zero-order valence-electron chi connectivity index (χ0n) is 9.21. The topological polar surface area (TPSA) is 29.1 Å². The summed E-state index contributed by atoms with van der Waals surface area (Å²) in [6, 6.07) is 8.30. The second-order valence-corrected chi connectivity index (χ2v) is 4.86. The van der Waals surface area contributed by atoms with Gasteiger partial charge in [-0.15, -0.1) is 0 Å². The van der Waals surface area contributed by atoms with Crippen LogP contribution >= 0.6 is 15.9 Å². The Hall–Kier alpha value is -0.830. The number of alkyl halides is 1. The summed E-state index contributed by atoms with van der Waals surface area (Å²) in [4.78, 5) is 11.6. The maximum absolute atomic E-state index is 11.6. The number of halogens is 1. The van der Waals surface area contributed by atoms with Gasteiger partial charge in [0.1, 0.15) is 0 Å². The molecule has 3 heteroatoms. The first-order valence-corrected chi connectivity index (χ1v) is 6.83. The van der Waals surface area contributed by atoms with Crippen LogP contribution in [0.5, 0.6) is 0 Å². The minimum atomic E-state index is 0.218. The predicted octanol–water partition coefficient (Wildman–Crippen LogP) is 3.00. The van der Waals surface area contributed by atoms with Crippen LogP contribution in [0.4, 0.5) is 0 Å². The normalized spacial score (nSPS) is 15.6. The summed E-state index contributed by atoms with van der Waals surface area (Å²) >= 11 is 3.41. The first kappa shape index (κ1) is 11.6. The van der Waals surface area contributed by atoms with Crippen molar-refractivity contribution in [2.24, 2.45) is 5.92 Å². The van der Waals surface area contributed by atoms with Crippen LogP contribution in [0, 0.1) is 5.92 Å². The molecule has 1 fully saturated rings. The van der Waals surface area contributed by atoms with E-state index in [1.54, 1.807) is 0 Å². The molecule has 0 radical (unpaired) electrons. The van der Waals surface area contributed by atoms with Crippen molar-refractivity contribution < 1.29 is 4.79 Å². The molecule has 1 aliphatic carbocycles. The molecule has 16 heavy (non-hydrogen) atoms. The van der Waals surface area contributed by atoms with E-state index in [0.29, 0.717) is 6.54 Å². The van der Waals surface area contributed by atoms with Crippen molar-refractivity contribution in [3.8, 4) is 0 Å². The molecule has 1 aliphatic rings. The summed E-state index contributed by atoms with van der Waals surface area (Å²) in [6.45, 7) is 0.651. The summed E-state index contributed by atoms with van der Waals surface area (Å²) in [7, 11) is 0. The van der Waals surface area contributed by atoms with E-state index in [2.05, 4.69) is 45.5 Å². The van der Waals surface area contributed by atoms with Gasteiger partial charge in [0.15, 0.2) is 0 Å². The lowest BCUT2D eigenvalue weighted by molar-refractivity contribution is -0.127. The Morgan fingerprint density at radius 1 is 1.25 bits per heavy atom. The van der Waals surface area contributed by atoms with Crippen molar-refractivity contribution in [1.82, 2.24) is 5.32 Å². The van der Waals surface area contributed by atoms with Crippen LogP contribution < -0.4 is 5.32 Å². The van der Waals surface area contributed by atoms with E-state index in [4.69, 9.17) is 0 Å². The highest BCUT2D eigenvalue weighted by molar-refractivity contribution is 9.08. The Morgan fingerprint density at radius 2 is 1.88 bits per heavy atom. The maximum atomic E-state index is 11.6. The first-order chi connectivity index (χ1) is 7.79. The van der Waals surface area contributed by atoms with Crippen molar-refractivity contribution in [3.05, 3.63) is 35.4 Å². The molecule has 0 unspecified atom stereocenters. The fourth-order valence-corrected chi connectivity index (χ4v) is 2.12. The maximum Gasteiger partial charge on any atom is 0.223 e. The fraction of sp³-hybridized carbons (Fsp3) is 0.462. The largest absolute Gasteiger partial charge is 0.352 e. The Balaban J connectivity index is 1.81. The lowest BCUT2D eigenvalue weighted by atomic mass is 9.85. The van der Waals surface area contributed by atoms with E-state index >= 15 is 0 Å². The third-order valence-corrected chi connectivity index (χ3v) is 3.77. The minimum Gasteiger partial charge on any atom is -0.352 e. The smallest absolute Gasteiger partial charge is 0.223 e. The second kappa shape index (κ2) is 5.48. The van der Waals surface area contributed by atoms with Crippen LogP contribution in [0.2, 0.25) is 0 Å². The molecule has 2 nitrogen and oxygen atoms in total. The molecular weight excluding hydrogens is 266 g/mol. The van der Waals surface area contributed by atoms with E-state index < -0.39 is 0 Å². The molecule has 86 valence electrons. The highest BCUT2D eigenvalue weighted by atomic mass is 79.9. The predicted molar refractivity (Wildman–Crippen MR) is 68.3 cm³/mol. The number of hydrogen-bond donors (Lipinski definition) is 1. The van der Waals surface area contributed by atoms with Gasteiger partial charge < -0.3 is 5.32 Å². The number of benzene rings is 1. The van der Waals surface area contributed by atoms with Crippen molar-refractivity contribution >= 4 is 21.8 Å². The fourth-order valence-electron chi connectivity index (χ4n) is 1.75. The monoisotopic (exact) mass is 281 g/mol. The van der Waals surface area contributed by atoms with Crippen molar-refractivity contribution in [3.63, 3.8) is 0 Å². The van der Waals surface area contributed by atoms with Crippen LogP contribution in [0.3, 0.4) is 0 Å². The average Bonchev–Trinajstić information content (AvgIpc) is 2.25. The second-order valence-electron chi connectivity index (χ2n) is 4.30. The summed E-state index contributed by atoms with van der Waals surface area (Å²) in [5, 5.41) is 3.86. The van der Waals surface area contributed by atoms with Gasteiger partial charge in [0, 0.05) is 17.8 Å². The first-order valence-electron chi connectivity index (χ1n) is 5.71. The van der Waals surface area contributed by atoms with E-state index in [-0.39, 0.29) is 11.8 Å². The molecule has 2 rings (SSSR count). The Bertz CT molecular complexity index is 357. The molecule has 0 bridgehead atoms. The molecule has 1 amide bonds. The van der Waals surface area contributed by atoms with E-state index in [0.717, 1.165) is 23.7 Å². The van der Waals surface area contributed by atoms with Gasteiger partial charge in [-0.25, -0.2) is 0 Å². The van der Waals surface area contributed by atoms with Crippen molar-refractivity contribution in [2.75, 3.05) is 0 Å². The van der Waals surface area contributed by atoms with Gasteiger partial charge in [0.05, 0.1) is 0 Å². The molecule has 1 aromatic carbocycles. The number of carbonyl (C=O) groups excluding carboxylic acids is 1. The van der Waals surface area contributed by atoms with Crippen molar-refractivity contribution in [1.29, 1.82) is 0 Å². The lowest BCUT2D eigenvalue weighted by Gasteiger charge is -2.24. The summed E-state index contributed by atoms with van der Waals surface area (Å²) in [5.74, 6) is 0.498. The molecule has 1 N–H and O–H groups in total. The van der Waals surface area contributed by atoms with Crippen LogP contribution in [0.1, 0.15) is 30.4 Å². The highest BCUT2D eigenvalue weighted by Crippen LogP contribution is 2.26. The van der Waals surface area contributed by atoms with Crippen LogP contribution in [-0.2, 0) is 16.7 Å². The van der Waals surface area contributed by atoms with E-state index in [1.807, 2.05) is 0 Å². The van der Waals surface area contributed by atoms with E-state index in [1.165, 1.54) is 12.0 Å². The average molecular weight is 282 g/mol. The summed E-state index contributed by atoms with van der Waals surface area (Å²) < 4.78 is 0. The van der Waals surface area contributed by atoms with Gasteiger partial charge in [0.25, 0.3) is 0 Å². The summed E-state index contributed by atoms with van der Waals surface area (Å²) in [5.41, 5.74) is 2.42. The van der Waals surface area contributed by atoms with Gasteiger partial charge in [-0.2, -0.15) is 0 Å². The molecule has 1 saturated carbocycles. The number of nitrogens with one attached hydrogen (secondary N) is 1. The minimum absolute atomic E-state index is 0.218. The molecule has 0 saturated heterocycles. The number of carbonyl (C=O) groups is 1. The van der Waals surface area contributed by atoms with Gasteiger partial charge in [0.2, 0.25) is 5.91 Å². The molecule has 0 aromatic heterocycles. The van der Waals surface area contributed by atoms with Crippen LogP contribution in [0.25, 0.3) is 0 Å². The van der Waals surface area contributed by atoms with Crippen molar-refractivity contribution in [2.45, 2.75) is 31.1 Å². The molecule has 0 spiro atoms. The number of rotatable bonds is 4. The van der Waals surface area contributed by atoms with Gasteiger partial charge in [-0.3, -0.25) is 4.79 Å². The van der Waals surface area contributed by atoms with Crippen LogP contribution in [0.15, 0.2) is 24.3 Å².